The summed E-state index contributed by atoms with van der Waals surface area (Å²) in [5.74, 6) is -1.44. The maximum Gasteiger partial charge on any atom is 0.257 e. The molecule has 0 spiro atoms. The highest BCUT2D eigenvalue weighted by molar-refractivity contribution is 5.99. The van der Waals surface area contributed by atoms with Crippen LogP contribution in [0.1, 0.15) is 41.6 Å². The molecule has 7 heteroatoms. The van der Waals surface area contributed by atoms with Crippen molar-refractivity contribution in [2.24, 2.45) is 11.8 Å². The van der Waals surface area contributed by atoms with Crippen molar-refractivity contribution in [2.45, 2.75) is 32.2 Å². The van der Waals surface area contributed by atoms with Crippen LogP contribution in [0, 0.1) is 17.7 Å². The number of nitrogens with zero attached hydrogens (tertiary/aromatic N) is 2. The molecule has 6 nitrogen and oxygen atoms in total. The molecule has 1 saturated carbocycles. The number of hydroxylamine groups is 2. The molecule has 1 aromatic rings. The molecule has 2 aliphatic rings. The third-order valence-corrected chi connectivity index (χ3v) is 5.33. The maximum atomic E-state index is 14.0. The van der Waals surface area contributed by atoms with Crippen LogP contribution in [0.15, 0.2) is 12.1 Å². The molecule has 1 heterocycles. The number of carbonyl (C=O) groups excluding carboxylic acids is 2. The molecule has 0 saturated heterocycles. The lowest BCUT2D eigenvalue weighted by molar-refractivity contribution is -0.174. The Hall–Kier alpha value is -2.15. The van der Waals surface area contributed by atoms with Crippen LogP contribution >= 0.6 is 0 Å². The molecule has 136 valence electrons. The van der Waals surface area contributed by atoms with Gasteiger partial charge in [0.25, 0.3) is 5.91 Å². The van der Waals surface area contributed by atoms with Crippen molar-refractivity contribution in [2.75, 3.05) is 20.7 Å². The van der Waals surface area contributed by atoms with Gasteiger partial charge in [0.2, 0.25) is 5.91 Å². The molecule has 0 aromatic heterocycles. The van der Waals surface area contributed by atoms with E-state index in [1.807, 2.05) is 0 Å². The fraction of sp³-hybridized carbons (Fsp3) is 0.556. The number of carbonyl (C=O) groups is 2. The zero-order chi connectivity index (χ0) is 18.1. The Balaban J connectivity index is 1.58. The average Bonchev–Trinajstić information content (AvgIpc) is 2.94. The molecule has 3 rings (SSSR count). The molecular weight excluding hydrogens is 327 g/mol. The Morgan fingerprint density at radius 2 is 2.04 bits per heavy atom. The van der Waals surface area contributed by atoms with Gasteiger partial charge in [0.1, 0.15) is 0 Å². The first-order valence-corrected chi connectivity index (χ1v) is 8.53. The second-order valence-corrected chi connectivity index (χ2v) is 6.85. The topological polar surface area (TPSA) is 70.1 Å². The van der Waals surface area contributed by atoms with Crippen molar-refractivity contribution in [3.63, 3.8) is 0 Å². The molecule has 2 amide bonds. The predicted molar refractivity (Wildman–Crippen MR) is 88.0 cm³/mol. The Bertz CT molecular complexity index is 686. The van der Waals surface area contributed by atoms with E-state index in [1.54, 1.807) is 18.0 Å². The third kappa shape index (κ3) is 3.33. The quantitative estimate of drug-likeness (QED) is 0.846. The predicted octanol–water partition coefficient (Wildman–Crippen LogP) is 2.31. The zero-order valence-electron chi connectivity index (χ0n) is 14.5. The first-order chi connectivity index (χ1) is 11.9. The van der Waals surface area contributed by atoms with E-state index in [2.05, 4.69) is 0 Å². The molecule has 1 aliphatic heterocycles. The second-order valence-electron chi connectivity index (χ2n) is 6.85. The van der Waals surface area contributed by atoms with Crippen LogP contribution in [0.25, 0.3) is 0 Å². The minimum absolute atomic E-state index is 0.00872. The normalized spacial score (nSPS) is 22.8. The van der Waals surface area contributed by atoms with Crippen LogP contribution in [0.4, 0.5) is 4.39 Å². The molecular formula is C18H23FN2O4. The summed E-state index contributed by atoms with van der Waals surface area (Å²) in [4.78, 5) is 31.1. The summed E-state index contributed by atoms with van der Waals surface area (Å²) in [6.07, 6.45) is 3.23. The Kier molecular flexibility index (Phi) is 4.94. The van der Waals surface area contributed by atoms with Gasteiger partial charge in [0, 0.05) is 26.1 Å². The van der Waals surface area contributed by atoms with Gasteiger partial charge in [-0.1, -0.05) is 6.07 Å². The summed E-state index contributed by atoms with van der Waals surface area (Å²) in [5.41, 5.74) is 0.608. The first kappa shape index (κ1) is 17.7. The van der Waals surface area contributed by atoms with Crippen molar-refractivity contribution >= 4 is 11.8 Å². The molecule has 1 fully saturated rings. The van der Waals surface area contributed by atoms with Crippen LogP contribution in [-0.4, -0.2) is 47.6 Å². The summed E-state index contributed by atoms with van der Waals surface area (Å²) < 4.78 is 14.0. The number of halogens is 1. The van der Waals surface area contributed by atoms with Gasteiger partial charge in [0.15, 0.2) is 11.6 Å². The fourth-order valence-corrected chi connectivity index (χ4v) is 3.80. The number of rotatable bonds is 4. The lowest BCUT2D eigenvalue weighted by Gasteiger charge is -2.31. The highest BCUT2D eigenvalue weighted by Gasteiger charge is 2.35. The molecule has 0 atom stereocenters. The first-order valence-electron chi connectivity index (χ1n) is 8.53. The van der Waals surface area contributed by atoms with Crippen LogP contribution in [0.2, 0.25) is 0 Å². The Labute approximate surface area is 146 Å². The van der Waals surface area contributed by atoms with Gasteiger partial charge in [-0.25, -0.2) is 9.45 Å². The van der Waals surface area contributed by atoms with Gasteiger partial charge in [-0.15, -0.1) is 0 Å². The van der Waals surface area contributed by atoms with Crippen LogP contribution < -0.4 is 0 Å². The molecule has 0 radical (unpaired) electrons. The number of fused-ring (bicyclic) bond motifs is 1. The van der Waals surface area contributed by atoms with E-state index in [9.17, 15) is 19.1 Å². The van der Waals surface area contributed by atoms with Crippen molar-refractivity contribution < 1.29 is 23.9 Å². The highest BCUT2D eigenvalue weighted by Crippen LogP contribution is 2.34. The lowest BCUT2D eigenvalue weighted by atomic mass is 9.81. The van der Waals surface area contributed by atoms with Crippen LogP contribution in [0.5, 0.6) is 5.75 Å². The minimum Gasteiger partial charge on any atom is -0.505 e. The number of hydrogen-bond donors (Lipinski definition) is 1. The minimum atomic E-state index is -0.832. The molecule has 1 N–H and O–H groups in total. The fourth-order valence-electron chi connectivity index (χ4n) is 3.80. The van der Waals surface area contributed by atoms with E-state index in [4.69, 9.17) is 4.84 Å². The standard InChI is InChI=1S/C18H23FN2O4/c1-20(25-2)17(23)12-5-3-11(4-6-12)9-21-10-13-7-8-14(22)16(19)15(13)18(21)24/h7-8,11-12,22H,3-6,9-10H2,1-2H3/t11-,12-. The van der Waals surface area contributed by atoms with E-state index in [-0.39, 0.29) is 23.3 Å². The van der Waals surface area contributed by atoms with E-state index >= 15 is 0 Å². The van der Waals surface area contributed by atoms with E-state index in [1.165, 1.54) is 18.2 Å². The Morgan fingerprint density at radius 3 is 2.68 bits per heavy atom. The van der Waals surface area contributed by atoms with Gasteiger partial charge in [-0.05, 0) is 43.2 Å². The SMILES string of the molecule is CON(C)C(=O)[C@H]1CC[C@H](CN2Cc3ccc(O)c(F)c3C2=O)CC1. The van der Waals surface area contributed by atoms with Crippen molar-refractivity contribution in [1.29, 1.82) is 0 Å². The highest BCUT2D eigenvalue weighted by atomic mass is 19.1. The lowest BCUT2D eigenvalue weighted by Crippen LogP contribution is -2.37. The largest absolute Gasteiger partial charge is 0.505 e. The number of amides is 2. The summed E-state index contributed by atoms with van der Waals surface area (Å²) >= 11 is 0. The van der Waals surface area contributed by atoms with Crippen molar-refractivity contribution in [3.05, 3.63) is 29.1 Å². The van der Waals surface area contributed by atoms with Gasteiger partial charge in [-0.2, -0.15) is 0 Å². The van der Waals surface area contributed by atoms with Crippen LogP contribution in [-0.2, 0) is 16.2 Å². The van der Waals surface area contributed by atoms with Crippen molar-refractivity contribution in [3.8, 4) is 5.75 Å². The summed E-state index contributed by atoms with van der Waals surface area (Å²) in [5, 5.41) is 10.7. The van der Waals surface area contributed by atoms with Gasteiger partial charge < -0.3 is 10.0 Å². The Morgan fingerprint density at radius 1 is 1.36 bits per heavy atom. The zero-order valence-corrected chi connectivity index (χ0v) is 14.5. The number of phenolic OH excluding ortho intramolecular Hbond substituents is 1. The smallest absolute Gasteiger partial charge is 0.257 e. The van der Waals surface area contributed by atoms with E-state index in [0.29, 0.717) is 24.6 Å². The number of benzene rings is 1. The number of aromatic hydroxyl groups is 1. The van der Waals surface area contributed by atoms with Crippen molar-refractivity contribution in [1.82, 2.24) is 9.96 Å². The number of phenols is 1. The molecule has 25 heavy (non-hydrogen) atoms. The third-order valence-electron chi connectivity index (χ3n) is 5.33. The summed E-state index contributed by atoms with van der Waals surface area (Å²) in [7, 11) is 3.08. The van der Waals surface area contributed by atoms with Crippen LogP contribution in [0.3, 0.4) is 0 Å². The molecule has 1 aromatic carbocycles. The maximum absolute atomic E-state index is 14.0. The van der Waals surface area contributed by atoms with Gasteiger partial charge in [0.05, 0.1) is 12.7 Å². The molecule has 0 bridgehead atoms. The second kappa shape index (κ2) is 7.00. The molecule has 0 unspecified atom stereocenters. The van der Waals surface area contributed by atoms with Gasteiger partial charge >= 0.3 is 0 Å². The summed E-state index contributed by atoms with van der Waals surface area (Å²) in [6.45, 7) is 0.922. The van der Waals surface area contributed by atoms with Gasteiger partial charge in [-0.3, -0.25) is 14.4 Å². The summed E-state index contributed by atoms with van der Waals surface area (Å²) in [6, 6.07) is 2.88. The monoisotopic (exact) mass is 350 g/mol. The molecule has 1 aliphatic carbocycles. The van der Waals surface area contributed by atoms with E-state index in [0.717, 1.165) is 25.7 Å². The van der Waals surface area contributed by atoms with E-state index < -0.39 is 11.6 Å². The number of hydrogen-bond acceptors (Lipinski definition) is 4. The average molecular weight is 350 g/mol.